The Morgan fingerprint density at radius 1 is 1.54 bits per heavy atom. The molecule has 1 rings (SSSR count). The van der Waals surface area contributed by atoms with Crippen LogP contribution < -0.4 is 5.32 Å². The number of aromatic nitrogens is 1. The zero-order valence-corrected chi connectivity index (χ0v) is 8.12. The summed E-state index contributed by atoms with van der Waals surface area (Å²) in [5.74, 6) is 0. The lowest BCUT2D eigenvalue weighted by molar-refractivity contribution is 0.250. The van der Waals surface area contributed by atoms with Gasteiger partial charge in [-0.1, -0.05) is 6.07 Å². The first-order chi connectivity index (χ1) is 6.22. The van der Waals surface area contributed by atoms with Crippen LogP contribution in [0.15, 0.2) is 18.3 Å². The molecule has 1 unspecified atom stereocenters. The first-order valence-corrected chi connectivity index (χ1v) is 4.48. The molecule has 0 radical (unpaired) electrons. The molecule has 1 aromatic rings. The van der Waals surface area contributed by atoms with E-state index in [0.29, 0.717) is 6.54 Å². The molecule has 0 aliphatic rings. The Bertz CT molecular complexity index is 246. The van der Waals surface area contributed by atoms with Crippen molar-refractivity contribution in [2.75, 3.05) is 6.61 Å². The van der Waals surface area contributed by atoms with E-state index in [1.165, 1.54) is 5.56 Å². The van der Waals surface area contributed by atoms with E-state index in [1.807, 2.05) is 32.2 Å². The third-order valence-corrected chi connectivity index (χ3v) is 1.88. The molecule has 0 bridgehead atoms. The number of hydrogen-bond acceptors (Lipinski definition) is 3. The van der Waals surface area contributed by atoms with Crippen LogP contribution >= 0.6 is 0 Å². The van der Waals surface area contributed by atoms with Gasteiger partial charge in [-0.25, -0.2) is 0 Å². The summed E-state index contributed by atoms with van der Waals surface area (Å²) in [4.78, 5) is 4.24. The lowest BCUT2D eigenvalue weighted by Gasteiger charge is -2.09. The fourth-order valence-electron chi connectivity index (χ4n) is 0.946. The highest BCUT2D eigenvalue weighted by molar-refractivity contribution is 5.11. The van der Waals surface area contributed by atoms with Gasteiger partial charge in [0.2, 0.25) is 0 Å². The van der Waals surface area contributed by atoms with Crippen molar-refractivity contribution >= 4 is 0 Å². The quantitative estimate of drug-likeness (QED) is 0.722. The highest BCUT2D eigenvalue weighted by Gasteiger charge is 1.99. The predicted octanol–water partition coefficient (Wildman–Crippen LogP) is 0.860. The van der Waals surface area contributed by atoms with Gasteiger partial charge in [-0.2, -0.15) is 0 Å². The van der Waals surface area contributed by atoms with Gasteiger partial charge in [-0.15, -0.1) is 0 Å². The molecule has 0 aromatic carbocycles. The molecule has 0 aliphatic carbocycles. The summed E-state index contributed by atoms with van der Waals surface area (Å²) < 4.78 is 0. The van der Waals surface area contributed by atoms with Crippen LogP contribution in [0.2, 0.25) is 0 Å². The van der Waals surface area contributed by atoms with E-state index in [9.17, 15) is 0 Å². The first-order valence-electron chi connectivity index (χ1n) is 4.48. The maximum Gasteiger partial charge on any atom is 0.0582 e. The number of aliphatic hydroxyl groups excluding tert-OH is 1. The second-order valence-corrected chi connectivity index (χ2v) is 3.29. The minimum absolute atomic E-state index is 0.128. The van der Waals surface area contributed by atoms with Crippen molar-refractivity contribution in [1.29, 1.82) is 0 Å². The van der Waals surface area contributed by atoms with Crippen molar-refractivity contribution in [2.24, 2.45) is 0 Å². The topological polar surface area (TPSA) is 45.1 Å². The monoisotopic (exact) mass is 180 g/mol. The van der Waals surface area contributed by atoms with Gasteiger partial charge >= 0.3 is 0 Å². The molecule has 2 N–H and O–H groups in total. The number of aryl methyl sites for hydroxylation is 1. The van der Waals surface area contributed by atoms with Crippen molar-refractivity contribution in [3.05, 3.63) is 29.6 Å². The van der Waals surface area contributed by atoms with Crippen LogP contribution in [0, 0.1) is 6.92 Å². The predicted molar refractivity (Wildman–Crippen MR) is 52.4 cm³/mol. The SMILES string of the molecule is Cc1ccc(CNC(C)CO)nc1. The molecule has 0 saturated heterocycles. The molecule has 0 fully saturated rings. The van der Waals surface area contributed by atoms with Crippen LogP contribution in [-0.4, -0.2) is 22.7 Å². The molecule has 13 heavy (non-hydrogen) atoms. The number of hydrogen-bond donors (Lipinski definition) is 2. The normalized spacial score (nSPS) is 12.8. The van der Waals surface area contributed by atoms with Gasteiger partial charge in [-0.05, 0) is 25.5 Å². The number of aliphatic hydroxyl groups is 1. The average Bonchev–Trinajstić information content (AvgIpc) is 2.16. The van der Waals surface area contributed by atoms with Crippen molar-refractivity contribution in [3.63, 3.8) is 0 Å². The summed E-state index contributed by atoms with van der Waals surface area (Å²) in [6.07, 6.45) is 1.85. The molecule has 0 spiro atoms. The molecule has 0 saturated carbocycles. The largest absolute Gasteiger partial charge is 0.395 e. The smallest absolute Gasteiger partial charge is 0.0582 e. The lowest BCUT2D eigenvalue weighted by atomic mass is 10.2. The zero-order valence-electron chi connectivity index (χ0n) is 8.12. The molecule has 1 atom stereocenters. The third-order valence-electron chi connectivity index (χ3n) is 1.88. The first kappa shape index (κ1) is 10.2. The number of rotatable bonds is 4. The van der Waals surface area contributed by atoms with E-state index in [0.717, 1.165) is 5.69 Å². The van der Waals surface area contributed by atoms with E-state index >= 15 is 0 Å². The van der Waals surface area contributed by atoms with Crippen molar-refractivity contribution < 1.29 is 5.11 Å². The van der Waals surface area contributed by atoms with E-state index < -0.39 is 0 Å². The molecular formula is C10H16N2O. The van der Waals surface area contributed by atoms with Crippen LogP contribution in [0.25, 0.3) is 0 Å². The lowest BCUT2D eigenvalue weighted by Crippen LogP contribution is -2.28. The van der Waals surface area contributed by atoms with E-state index in [1.54, 1.807) is 0 Å². The maximum absolute atomic E-state index is 8.77. The Kier molecular flexibility index (Phi) is 3.86. The van der Waals surface area contributed by atoms with Crippen molar-refractivity contribution in [2.45, 2.75) is 26.4 Å². The standard InChI is InChI=1S/C10H16N2O/c1-8-3-4-10(12-5-8)6-11-9(2)7-13/h3-5,9,11,13H,6-7H2,1-2H3. The number of pyridine rings is 1. The van der Waals surface area contributed by atoms with Gasteiger partial charge in [0.1, 0.15) is 0 Å². The maximum atomic E-state index is 8.77. The second-order valence-electron chi connectivity index (χ2n) is 3.29. The van der Waals surface area contributed by atoms with E-state index in [4.69, 9.17) is 5.11 Å². The molecule has 3 nitrogen and oxygen atoms in total. The van der Waals surface area contributed by atoms with E-state index in [2.05, 4.69) is 10.3 Å². The van der Waals surface area contributed by atoms with Gasteiger partial charge in [-0.3, -0.25) is 4.98 Å². The van der Waals surface area contributed by atoms with Crippen LogP contribution in [0.4, 0.5) is 0 Å². The summed E-state index contributed by atoms with van der Waals surface area (Å²) in [6, 6.07) is 4.16. The Hall–Kier alpha value is -0.930. The average molecular weight is 180 g/mol. The molecule has 0 amide bonds. The number of nitrogens with zero attached hydrogens (tertiary/aromatic N) is 1. The molecule has 1 aromatic heterocycles. The summed E-state index contributed by atoms with van der Waals surface area (Å²) >= 11 is 0. The summed E-state index contributed by atoms with van der Waals surface area (Å²) in [5.41, 5.74) is 2.17. The third kappa shape index (κ3) is 3.53. The van der Waals surface area contributed by atoms with Crippen LogP contribution in [0.3, 0.4) is 0 Å². The van der Waals surface area contributed by atoms with Crippen molar-refractivity contribution in [3.8, 4) is 0 Å². The van der Waals surface area contributed by atoms with Crippen LogP contribution in [0.1, 0.15) is 18.2 Å². The van der Waals surface area contributed by atoms with E-state index in [-0.39, 0.29) is 12.6 Å². The Morgan fingerprint density at radius 3 is 2.85 bits per heavy atom. The summed E-state index contributed by atoms with van der Waals surface area (Å²) in [7, 11) is 0. The highest BCUT2D eigenvalue weighted by atomic mass is 16.3. The summed E-state index contributed by atoms with van der Waals surface area (Å²) in [6.45, 7) is 4.82. The van der Waals surface area contributed by atoms with Gasteiger partial charge in [0.25, 0.3) is 0 Å². The van der Waals surface area contributed by atoms with Crippen LogP contribution in [0.5, 0.6) is 0 Å². The fraction of sp³-hybridized carbons (Fsp3) is 0.500. The number of nitrogens with one attached hydrogen (secondary N) is 1. The van der Waals surface area contributed by atoms with Gasteiger partial charge in [0.05, 0.1) is 12.3 Å². The Morgan fingerprint density at radius 2 is 2.31 bits per heavy atom. The van der Waals surface area contributed by atoms with Crippen molar-refractivity contribution in [1.82, 2.24) is 10.3 Å². The molecular weight excluding hydrogens is 164 g/mol. The Balaban J connectivity index is 2.41. The van der Waals surface area contributed by atoms with Crippen LogP contribution in [-0.2, 0) is 6.54 Å². The summed E-state index contributed by atoms with van der Waals surface area (Å²) in [5, 5.41) is 11.9. The molecule has 3 heteroatoms. The van der Waals surface area contributed by atoms with Gasteiger partial charge in [0.15, 0.2) is 0 Å². The fourth-order valence-corrected chi connectivity index (χ4v) is 0.946. The minimum Gasteiger partial charge on any atom is -0.395 e. The molecule has 0 aliphatic heterocycles. The Labute approximate surface area is 78.8 Å². The second kappa shape index (κ2) is 4.94. The highest BCUT2D eigenvalue weighted by Crippen LogP contribution is 1.98. The zero-order chi connectivity index (χ0) is 9.68. The minimum atomic E-state index is 0.128. The molecule has 72 valence electrons. The van der Waals surface area contributed by atoms with Gasteiger partial charge in [0, 0.05) is 18.8 Å². The molecule has 1 heterocycles. The van der Waals surface area contributed by atoms with Gasteiger partial charge < -0.3 is 10.4 Å².